The summed E-state index contributed by atoms with van der Waals surface area (Å²) in [5, 5.41) is 0. The minimum Gasteiger partial charge on any atom is -0.444 e. The van der Waals surface area contributed by atoms with Gasteiger partial charge in [0.25, 0.3) is 0 Å². The molecular formula is C17H26BrN3O2. The molecule has 0 bridgehead atoms. The van der Waals surface area contributed by atoms with Crippen molar-refractivity contribution >= 4 is 27.7 Å². The molecule has 1 aromatic rings. The van der Waals surface area contributed by atoms with Crippen LogP contribution in [0.15, 0.2) is 22.9 Å². The zero-order valence-corrected chi connectivity index (χ0v) is 16.0. The van der Waals surface area contributed by atoms with Crippen molar-refractivity contribution in [3.05, 3.63) is 22.9 Å². The first-order valence-electron chi connectivity index (χ1n) is 8.15. The van der Waals surface area contributed by atoms with E-state index in [4.69, 9.17) is 4.74 Å². The lowest BCUT2D eigenvalue weighted by molar-refractivity contribution is -0.00622. The van der Waals surface area contributed by atoms with Crippen LogP contribution in [-0.4, -0.2) is 47.3 Å². The number of carbonyl (C=O) groups is 1. The molecule has 0 N–H and O–H groups in total. The third-order valence-electron chi connectivity index (χ3n) is 3.94. The number of amides is 1. The van der Waals surface area contributed by atoms with Crippen LogP contribution in [0.2, 0.25) is 0 Å². The van der Waals surface area contributed by atoms with Gasteiger partial charge in [0, 0.05) is 36.3 Å². The number of pyridine rings is 1. The number of anilines is 1. The summed E-state index contributed by atoms with van der Waals surface area (Å²) in [6.07, 6.45) is 5.46. The molecule has 2 rings (SSSR count). The Morgan fingerprint density at radius 3 is 2.74 bits per heavy atom. The summed E-state index contributed by atoms with van der Waals surface area (Å²) in [4.78, 5) is 20.5. The van der Waals surface area contributed by atoms with E-state index in [-0.39, 0.29) is 12.1 Å². The highest BCUT2D eigenvalue weighted by Gasteiger charge is 2.35. The molecule has 1 fully saturated rings. The molecule has 0 spiro atoms. The van der Waals surface area contributed by atoms with E-state index in [1.165, 1.54) is 0 Å². The Balaban J connectivity index is 1.88. The van der Waals surface area contributed by atoms with E-state index in [0.717, 1.165) is 42.6 Å². The van der Waals surface area contributed by atoms with Crippen LogP contribution >= 0.6 is 15.9 Å². The molecule has 1 aromatic heterocycles. The summed E-state index contributed by atoms with van der Waals surface area (Å²) in [7, 11) is 0. The molecule has 5 nitrogen and oxygen atoms in total. The number of aromatic nitrogens is 1. The van der Waals surface area contributed by atoms with Crippen molar-refractivity contribution in [3.63, 3.8) is 0 Å². The minimum atomic E-state index is -0.436. The van der Waals surface area contributed by atoms with E-state index in [1.807, 2.05) is 31.9 Å². The molecule has 1 aliphatic heterocycles. The standard InChI is InChI=1S/C17H26BrN3O2/c1-5-20(15-10-13(18)11-19-12-15)8-6-14-7-9-21(14)16(22)23-17(2,3)4/h10-12,14H,5-9H2,1-4H3. The van der Waals surface area contributed by atoms with Crippen molar-refractivity contribution in [2.45, 2.75) is 52.2 Å². The number of halogens is 1. The third-order valence-corrected chi connectivity index (χ3v) is 4.38. The molecule has 0 aliphatic carbocycles. The highest BCUT2D eigenvalue weighted by molar-refractivity contribution is 9.10. The van der Waals surface area contributed by atoms with Gasteiger partial charge in [-0.1, -0.05) is 0 Å². The lowest BCUT2D eigenvalue weighted by Gasteiger charge is -2.42. The van der Waals surface area contributed by atoms with Crippen LogP contribution in [0.3, 0.4) is 0 Å². The number of likely N-dealkylation sites (tertiary alicyclic amines) is 1. The van der Waals surface area contributed by atoms with Crippen molar-refractivity contribution in [3.8, 4) is 0 Å². The van der Waals surface area contributed by atoms with Gasteiger partial charge < -0.3 is 14.5 Å². The van der Waals surface area contributed by atoms with Crippen molar-refractivity contribution in [2.75, 3.05) is 24.5 Å². The second-order valence-electron chi connectivity index (χ2n) is 6.85. The summed E-state index contributed by atoms with van der Waals surface area (Å²) in [5.74, 6) is 0. The second-order valence-corrected chi connectivity index (χ2v) is 7.76. The Morgan fingerprint density at radius 2 is 2.22 bits per heavy atom. The lowest BCUT2D eigenvalue weighted by atomic mass is 10.00. The lowest BCUT2D eigenvalue weighted by Crippen LogP contribution is -2.53. The highest BCUT2D eigenvalue weighted by atomic mass is 79.9. The first-order valence-corrected chi connectivity index (χ1v) is 8.94. The number of hydrogen-bond donors (Lipinski definition) is 0. The maximum atomic E-state index is 12.2. The second kappa shape index (κ2) is 7.51. The largest absolute Gasteiger partial charge is 0.444 e. The van der Waals surface area contributed by atoms with Crippen LogP contribution in [0.5, 0.6) is 0 Å². The maximum Gasteiger partial charge on any atom is 0.410 e. The van der Waals surface area contributed by atoms with Gasteiger partial charge in [0.1, 0.15) is 5.60 Å². The normalized spacial score (nSPS) is 17.6. The molecule has 1 saturated heterocycles. The number of hydrogen-bond acceptors (Lipinski definition) is 4. The molecule has 6 heteroatoms. The van der Waals surface area contributed by atoms with Crippen molar-refractivity contribution in [2.24, 2.45) is 0 Å². The fourth-order valence-electron chi connectivity index (χ4n) is 2.65. The molecule has 23 heavy (non-hydrogen) atoms. The summed E-state index contributed by atoms with van der Waals surface area (Å²) < 4.78 is 6.44. The van der Waals surface area contributed by atoms with Gasteiger partial charge in [-0.3, -0.25) is 4.98 Å². The molecule has 1 aliphatic rings. The monoisotopic (exact) mass is 383 g/mol. The molecular weight excluding hydrogens is 358 g/mol. The molecule has 0 aromatic carbocycles. The molecule has 1 amide bonds. The van der Waals surface area contributed by atoms with Crippen LogP contribution in [-0.2, 0) is 4.74 Å². The van der Waals surface area contributed by atoms with Gasteiger partial charge in [-0.25, -0.2) is 4.79 Å². The Hall–Kier alpha value is -1.30. The van der Waals surface area contributed by atoms with Crippen molar-refractivity contribution in [1.82, 2.24) is 9.88 Å². The van der Waals surface area contributed by atoms with Gasteiger partial charge >= 0.3 is 6.09 Å². The van der Waals surface area contributed by atoms with Gasteiger partial charge in [-0.15, -0.1) is 0 Å². The van der Waals surface area contributed by atoms with Crippen LogP contribution in [0.25, 0.3) is 0 Å². The van der Waals surface area contributed by atoms with Crippen molar-refractivity contribution in [1.29, 1.82) is 0 Å². The van der Waals surface area contributed by atoms with E-state index in [0.29, 0.717) is 0 Å². The van der Waals surface area contributed by atoms with E-state index < -0.39 is 5.60 Å². The van der Waals surface area contributed by atoms with Crippen molar-refractivity contribution < 1.29 is 9.53 Å². The Morgan fingerprint density at radius 1 is 1.48 bits per heavy atom. The highest BCUT2D eigenvalue weighted by Crippen LogP contribution is 2.25. The summed E-state index contributed by atoms with van der Waals surface area (Å²) in [6.45, 7) is 10.4. The first-order chi connectivity index (χ1) is 10.8. The van der Waals surface area contributed by atoms with Crippen LogP contribution in [0, 0.1) is 0 Å². The fraction of sp³-hybridized carbons (Fsp3) is 0.647. The fourth-order valence-corrected chi connectivity index (χ4v) is 3.00. The van der Waals surface area contributed by atoms with Gasteiger partial charge in [0.05, 0.1) is 11.9 Å². The van der Waals surface area contributed by atoms with E-state index >= 15 is 0 Å². The van der Waals surface area contributed by atoms with E-state index in [1.54, 1.807) is 6.20 Å². The van der Waals surface area contributed by atoms with E-state index in [2.05, 4.69) is 38.8 Å². The predicted molar refractivity (Wildman–Crippen MR) is 95.8 cm³/mol. The molecule has 128 valence electrons. The van der Waals surface area contributed by atoms with Crippen LogP contribution < -0.4 is 4.90 Å². The molecule has 0 saturated carbocycles. The number of nitrogens with zero attached hydrogens (tertiary/aromatic N) is 3. The summed E-state index contributed by atoms with van der Waals surface area (Å²) in [5.41, 5.74) is 0.666. The van der Waals surface area contributed by atoms with Gasteiger partial charge in [-0.2, -0.15) is 0 Å². The third kappa shape index (κ3) is 5.09. The zero-order valence-electron chi connectivity index (χ0n) is 14.4. The van der Waals surface area contributed by atoms with Crippen LogP contribution in [0.1, 0.15) is 40.5 Å². The average molecular weight is 384 g/mol. The van der Waals surface area contributed by atoms with E-state index in [9.17, 15) is 4.79 Å². The van der Waals surface area contributed by atoms with Gasteiger partial charge in [0.15, 0.2) is 0 Å². The van der Waals surface area contributed by atoms with Crippen LogP contribution in [0.4, 0.5) is 10.5 Å². The predicted octanol–water partition coefficient (Wildman–Crippen LogP) is 4.07. The Kier molecular flexibility index (Phi) is 5.89. The zero-order chi connectivity index (χ0) is 17.0. The average Bonchev–Trinajstić information content (AvgIpc) is 2.40. The minimum absolute atomic E-state index is 0.194. The Bertz CT molecular complexity index is 545. The molecule has 1 unspecified atom stereocenters. The quantitative estimate of drug-likeness (QED) is 0.768. The maximum absolute atomic E-state index is 12.2. The molecule has 2 heterocycles. The molecule has 0 radical (unpaired) electrons. The Labute approximate surface area is 147 Å². The topological polar surface area (TPSA) is 45.7 Å². The first kappa shape index (κ1) is 18.0. The smallest absolute Gasteiger partial charge is 0.410 e. The number of ether oxygens (including phenoxy) is 1. The number of carbonyl (C=O) groups excluding carboxylic acids is 1. The SMILES string of the molecule is CCN(CCC1CCN1C(=O)OC(C)(C)C)c1cncc(Br)c1. The summed E-state index contributed by atoms with van der Waals surface area (Å²) >= 11 is 3.46. The molecule has 1 atom stereocenters. The van der Waals surface area contributed by atoms with Gasteiger partial charge in [-0.05, 0) is 62.5 Å². The number of rotatable bonds is 5. The summed E-state index contributed by atoms with van der Waals surface area (Å²) in [6, 6.07) is 2.35. The van der Waals surface area contributed by atoms with Gasteiger partial charge in [0.2, 0.25) is 0 Å².